The number of benzene rings is 2. The summed E-state index contributed by atoms with van der Waals surface area (Å²) in [4.78, 5) is 21.8. The molecule has 1 atom stereocenters. The summed E-state index contributed by atoms with van der Waals surface area (Å²) in [6, 6.07) is 21.5. The molecule has 0 fully saturated rings. The van der Waals surface area contributed by atoms with Gasteiger partial charge in [-0.25, -0.2) is 0 Å². The molecule has 6 nitrogen and oxygen atoms in total. The number of nitrogens with one attached hydrogen (secondary N) is 1. The second-order valence-electron chi connectivity index (χ2n) is 7.39. The molecular weight excluding hydrogens is 448 g/mol. The van der Waals surface area contributed by atoms with Crippen LogP contribution in [-0.4, -0.2) is 42.3 Å². The first-order valence-corrected chi connectivity index (χ1v) is 12.4. The van der Waals surface area contributed by atoms with Crippen LogP contribution in [0.1, 0.15) is 18.1 Å². The maximum Gasteiger partial charge on any atom is 0.319 e. The molecule has 0 saturated heterocycles. The fraction of sp³-hybridized carbons (Fsp3) is 0.259. The highest BCUT2D eigenvalue weighted by molar-refractivity contribution is 7.99. The molecule has 0 radical (unpaired) electrons. The highest BCUT2D eigenvalue weighted by Crippen LogP contribution is 2.20. The van der Waals surface area contributed by atoms with Gasteiger partial charge in [0.1, 0.15) is 24.2 Å². The standard InChI is InChI=1S/C27H30N2O4S/c1-4-31-27(30)26(34-3)19-21-8-14-24(15-9-21)32-17-18-33-29-20(2)22-10-12-23(13-11-22)25-7-5-6-16-28-25/h5-16,26,29H,2,4,17-19H2,1,3H3. The zero-order valence-corrected chi connectivity index (χ0v) is 20.3. The van der Waals surface area contributed by atoms with Crippen molar-refractivity contribution in [2.75, 3.05) is 26.1 Å². The predicted molar refractivity (Wildman–Crippen MR) is 137 cm³/mol. The number of hydrogen-bond acceptors (Lipinski definition) is 7. The number of thioether (sulfide) groups is 1. The van der Waals surface area contributed by atoms with Gasteiger partial charge in [-0.3, -0.25) is 20.1 Å². The molecule has 1 aromatic heterocycles. The number of esters is 1. The Bertz CT molecular complexity index is 1040. The third-order valence-electron chi connectivity index (χ3n) is 5.02. The van der Waals surface area contributed by atoms with Gasteiger partial charge in [0.25, 0.3) is 0 Å². The Hall–Kier alpha value is -3.29. The third-order valence-corrected chi connectivity index (χ3v) is 5.95. The molecule has 3 aromatic rings. The van der Waals surface area contributed by atoms with Gasteiger partial charge in [-0.15, -0.1) is 11.8 Å². The highest BCUT2D eigenvalue weighted by Gasteiger charge is 2.18. The number of carbonyl (C=O) groups excluding carboxylic acids is 1. The normalized spacial score (nSPS) is 11.5. The second-order valence-corrected chi connectivity index (χ2v) is 8.43. The Labute approximate surface area is 205 Å². The molecule has 1 heterocycles. The maximum atomic E-state index is 12.0. The van der Waals surface area contributed by atoms with Gasteiger partial charge in [-0.2, -0.15) is 0 Å². The van der Waals surface area contributed by atoms with Gasteiger partial charge < -0.3 is 9.47 Å². The van der Waals surface area contributed by atoms with Crippen LogP contribution < -0.4 is 10.2 Å². The summed E-state index contributed by atoms with van der Waals surface area (Å²) in [7, 11) is 0. The van der Waals surface area contributed by atoms with E-state index < -0.39 is 0 Å². The number of nitrogens with zero attached hydrogens (tertiary/aromatic N) is 1. The van der Waals surface area contributed by atoms with E-state index in [1.165, 1.54) is 11.8 Å². The molecule has 0 amide bonds. The van der Waals surface area contributed by atoms with Crippen molar-refractivity contribution in [3.05, 3.63) is 90.6 Å². The largest absolute Gasteiger partial charge is 0.491 e. The summed E-state index contributed by atoms with van der Waals surface area (Å²) in [5, 5.41) is -0.203. The average molecular weight is 479 g/mol. The number of hydrogen-bond donors (Lipinski definition) is 1. The lowest BCUT2D eigenvalue weighted by molar-refractivity contribution is -0.142. The molecular formula is C27H30N2O4S. The maximum absolute atomic E-state index is 12.0. The number of pyridine rings is 1. The molecule has 3 rings (SSSR count). The van der Waals surface area contributed by atoms with E-state index in [1.807, 2.05) is 79.9 Å². The van der Waals surface area contributed by atoms with Crippen LogP contribution >= 0.6 is 11.8 Å². The fourth-order valence-electron chi connectivity index (χ4n) is 3.21. The Morgan fingerprint density at radius 3 is 2.47 bits per heavy atom. The average Bonchev–Trinajstić information content (AvgIpc) is 2.88. The molecule has 0 aliphatic heterocycles. The SMILES string of the molecule is C=C(NOCCOc1ccc(CC(SC)C(=O)OCC)cc1)c1ccc(-c2ccccn2)cc1. The Kier molecular flexibility index (Phi) is 10.0. The quantitative estimate of drug-likeness (QED) is 0.207. The molecule has 2 aromatic carbocycles. The Morgan fingerprint density at radius 1 is 1.06 bits per heavy atom. The van der Waals surface area contributed by atoms with Crippen molar-refractivity contribution in [1.82, 2.24) is 10.5 Å². The molecule has 178 valence electrons. The van der Waals surface area contributed by atoms with E-state index >= 15 is 0 Å². The number of hydroxylamine groups is 1. The number of carbonyl (C=O) groups is 1. The fourth-order valence-corrected chi connectivity index (χ4v) is 3.83. The van der Waals surface area contributed by atoms with Crippen molar-refractivity contribution in [3.63, 3.8) is 0 Å². The van der Waals surface area contributed by atoms with Crippen molar-refractivity contribution in [2.24, 2.45) is 0 Å². The van der Waals surface area contributed by atoms with Crippen LogP contribution in [0.4, 0.5) is 0 Å². The molecule has 1 unspecified atom stereocenters. The predicted octanol–water partition coefficient (Wildman–Crippen LogP) is 5.16. The van der Waals surface area contributed by atoms with Gasteiger partial charge in [0.2, 0.25) is 0 Å². The van der Waals surface area contributed by atoms with E-state index in [0.717, 1.165) is 28.1 Å². The number of ether oxygens (including phenoxy) is 2. The molecule has 0 bridgehead atoms. The minimum atomic E-state index is -0.203. The minimum absolute atomic E-state index is 0.175. The zero-order valence-electron chi connectivity index (χ0n) is 19.5. The van der Waals surface area contributed by atoms with Gasteiger partial charge in [0, 0.05) is 11.8 Å². The van der Waals surface area contributed by atoms with Gasteiger partial charge in [-0.1, -0.05) is 49.0 Å². The number of aromatic nitrogens is 1. The summed E-state index contributed by atoms with van der Waals surface area (Å²) in [5.74, 6) is 0.568. The van der Waals surface area contributed by atoms with E-state index in [9.17, 15) is 4.79 Å². The van der Waals surface area contributed by atoms with Crippen molar-refractivity contribution in [1.29, 1.82) is 0 Å². The van der Waals surface area contributed by atoms with Crippen LogP contribution in [0.2, 0.25) is 0 Å². The van der Waals surface area contributed by atoms with Crippen LogP contribution in [0.15, 0.2) is 79.5 Å². The van der Waals surface area contributed by atoms with E-state index in [2.05, 4.69) is 17.0 Å². The molecule has 0 spiro atoms. The molecule has 7 heteroatoms. The minimum Gasteiger partial charge on any atom is -0.491 e. The topological polar surface area (TPSA) is 69.7 Å². The summed E-state index contributed by atoms with van der Waals surface area (Å²) in [6.45, 7) is 6.97. The van der Waals surface area contributed by atoms with Gasteiger partial charge in [0.05, 0.1) is 18.0 Å². The zero-order chi connectivity index (χ0) is 24.2. The smallest absolute Gasteiger partial charge is 0.319 e. The van der Waals surface area contributed by atoms with Crippen LogP contribution in [0.3, 0.4) is 0 Å². The van der Waals surface area contributed by atoms with Gasteiger partial charge in [-0.05, 0) is 55.0 Å². The van der Waals surface area contributed by atoms with E-state index in [0.29, 0.717) is 31.9 Å². The summed E-state index contributed by atoms with van der Waals surface area (Å²) in [6.07, 6.45) is 4.32. The monoisotopic (exact) mass is 478 g/mol. The second kappa shape index (κ2) is 13.4. The summed E-state index contributed by atoms with van der Waals surface area (Å²) >= 11 is 1.50. The molecule has 1 N–H and O–H groups in total. The van der Waals surface area contributed by atoms with Crippen molar-refractivity contribution >= 4 is 23.4 Å². The Balaban J connectivity index is 1.37. The van der Waals surface area contributed by atoms with Crippen LogP contribution in [-0.2, 0) is 20.8 Å². The lowest BCUT2D eigenvalue weighted by atomic mass is 10.1. The van der Waals surface area contributed by atoms with E-state index in [1.54, 1.807) is 6.20 Å². The van der Waals surface area contributed by atoms with Crippen LogP contribution in [0.5, 0.6) is 5.75 Å². The lowest BCUT2D eigenvalue weighted by Crippen LogP contribution is -2.22. The summed E-state index contributed by atoms with van der Waals surface area (Å²) < 4.78 is 10.9. The van der Waals surface area contributed by atoms with Crippen LogP contribution in [0, 0.1) is 0 Å². The molecule has 34 heavy (non-hydrogen) atoms. The van der Waals surface area contributed by atoms with Gasteiger partial charge >= 0.3 is 5.97 Å². The highest BCUT2D eigenvalue weighted by atomic mass is 32.2. The number of rotatable bonds is 13. The van der Waals surface area contributed by atoms with Crippen LogP contribution in [0.25, 0.3) is 17.0 Å². The summed E-state index contributed by atoms with van der Waals surface area (Å²) in [5.41, 5.74) is 7.50. The van der Waals surface area contributed by atoms with E-state index in [-0.39, 0.29) is 11.2 Å². The van der Waals surface area contributed by atoms with Crippen molar-refractivity contribution < 1.29 is 19.1 Å². The first kappa shape index (κ1) is 25.3. The first-order chi connectivity index (χ1) is 16.6. The van der Waals surface area contributed by atoms with Crippen molar-refractivity contribution in [2.45, 2.75) is 18.6 Å². The van der Waals surface area contributed by atoms with Gasteiger partial charge in [0.15, 0.2) is 0 Å². The van der Waals surface area contributed by atoms with Crippen molar-refractivity contribution in [3.8, 4) is 17.0 Å². The molecule has 0 saturated carbocycles. The first-order valence-electron chi connectivity index (χ1n) is 11.1. The van der Waals surface area contributed by atoms with E-state index in [4.69, 9.17) is 14.3 Å². The molecule has 0 aliphatic rings. The third kappa shape index (κ3) is 7.64. The molecule has 0 aliphatic carbocycles. The lowest BCUT2D eigenvalue weighted by Gasteiger charge is -2.14. The Morgan fingerprint density at radius 2 is 1.82 bits per heavy atom.